The van der Waals surface area contributed by atoms with Crippen molar-refractivity contribution in [3.63, 3.8) is 0 Å². The summed E-state index contributed by atoms with van der Waals surface area (Å²) in [4.78, 5) is 0. The Morgan fingerprint density at radius 2 is 1.08 bits per heavy atom. The first-order chi connectivity index (χ1) is 5.10. The lowest BCUT2D eigenvalue weighted by atomic mass is 10.8. The Kier molecular flexibility index (Phi) is 4.16. The molecule has 0 saturated carbocycles. The Hall–Kier alpha value is 0.354. The molecule has 0 unspecified atom stereocenters. The smallest absolute Gasteiger partial charge is 0.187 e. The monoisotopic (exact) mass is 205 g/mol. The zero-order chi connectivity index (χ0) is 9.99. The fourth-order valence-electron chi connectivity index (χ4n) is 0.813. The van der Waals surface area contributed by atoms with E-state index in [4.69, 9.17) is 8.85 Å². The third-order valence-electron chi connectivity index (χ3n) is 0.970. The van der Waals surface area contributed by atoms with Crippen molar-refractivity contribution >= 4 is 16.6 Å². The van der Waals surface area contributed by atoms with Gasteiger partial charge < -0.3 is 8.85 Å². The van der Waals surface area contributed by atoms with E-state index in [0.717, 1.165) is 0 Å². The van der Waals surface area contributed by atoms with Crippen LogP contribution in [0.15, 0.2) is 0 Å². The third-order valence-corrected chi connectivity index (χ3v) is 2.91. The van der Waals surface area contributed by atoms with Crippen LogP contribution in [0.2, 0.25) is 39.3 Å². The van der Waals surface area contributed by atoms with Crippen molar-refractivity contribution in [1.29, 1.82) is 0 Å². The molecule has 0 rings (SSSR count). The van der Waals surface area contributed by atoms with Gasteiger partial charge in [0, 0.05) is 6.92 Å². The summed E-state index contributed by atoms with van der Waals surface area (Å²) in [7, 11) is -2.97. The molecular weight excluding hydrogens is 184 g/mol. The Labute approximate surface area is 78.5 Å². The summed E-state index contributed by atoms with van der Waals surface area (Å²) in [6.45, 7) is 16.7. The van der Waals surface area contributed by atoms with Crippen LogP contribution in [0.25, 0.3) is 0 Å². The third kappa shape index (κ3) is 8.45. The van der Waals surface area contributed by atoms with E-state index in [1.54, 1.807) is 0 Å². The van der Waals surface area contributed by atoms with Gasteiger partial charge in [0.05, 0.1) is 0 Å². The van der Waals surface area contributed by atoms with Crippen LogP contribution in [0.1, 0.15) is 0 Å². The molecule has 0 N–H and O–H groups in total. The molecule has 0 heterocycles. The second-order valence-electron chi connectivity index (χ2n) is 4.89. The Morgan fingerprint density at radius 1 is 0.833 bits per heavy atom. The summed E-state index contributed by atoms with van der Waals surface area (Å²) in [5, 5.41) is 0. The summed E-state index contributed by atoms with van der Waals surface area (Å²) in [6.07, 6.45) is -0.275. The number of hydrogen-bond donors (Lipinski definition) is 0. The molecule has 0 aliphatic heterocycles. The minimum Gasteiger partial charge on any atom is -0.394 e. The molecule has 0 aliphatic carbocycles. The lowest BCUT2D eigenvalue weighted by Gasteiger charge is -2.28. The lowest BCUT2D eigenvalue weighted by molar-refractivity contribution is 0.0318. The molecule has 0 amide bonds. The molecule has 1 radical (unpaired) electrons. The lowest BCUT2D eigenvalue weighted by Crippen LogP contribution is -2.38. The van der Waals surface area contributed by atoms with E-state index < -0.39 is 16.6 Å². The molecule has 73 valence electrons. The van der Waals surface area contributed by atoms with E-state index in [1.165, 1.54) is 0 Å². The maximum atomic E-state index is 5.65. The quantitative estimate of drug-likeness (QED) is 0.519. The number of hydrogen-bond acceptors (Lipinski definition) is 2. The first kappa shape index (κ1) is 12.4. The van der Waals surface area contributed by atoms with E-state index in [0.29, 0.717) is 0 Å². The van der Waals surface area contributed by atoms with Gasteiger partial charge in [0.1, 0.15) is 6.29 Å². The zero-order valence-electron chi connectivity index (χ0n) is 9.10. The molecular formula is C8H21O2Si2. The van der Waals surface area contributed by atoms with Gasteiger partial charge in [-0.15, -0.1) is 0 Å². The predicted octanol–water partition coefficient (Wildman–Crippen LogP) is 2.85. The van der Waals surface area contributed by atoms with E-state index in [1.807, 2.05) is 0 Å². The fraction of sp³-hybridized carbons (Fsp3) is 0.875. The van der Waals surface area contributed by atoms with Gasteiger partial charge in [-0.05, 0) is 39.3 Å². The molecule has 12 heavy (non-hydrogen) atoms. The van der Waals surface area contributed by atoms with Gasteiger partial charge in [0.15, 0.2) is 16.6 Å². The van der Waals surface area contributed by atoms with Crippen molar-refractivity contribution < 1.29 is 8.85 Å². The molecule has 0 fully saturated rings. The normalized spacial score (nSPS) is 14.0. The van der Waals surface area contributed by atoms with Crippen molar-refractivity contribution in [2.45, 2.75) is 45.6 Å². The average molecular weight is 205 g/mol. The second kappa shape index (κ2) is 4.04. The van der Waals surface area contributed by atoms with Crippen molar-refractivity contribution in [1.82, 2.24) is 0 Å². The Morgan fingerprint density at radius 3 is 1.25 bits per heavy atom. The van der Waals surface area contributed by atoms with Crippen molar-refractivity contribution in [2.24, 2.45) is 0 Å². The van der Waals surface area contributed by atoms with Crippen molar-refractivity contribution in [2.75, 3.05) is 0 Å². The Bertz CT molecular complexity index is 119. The van der Waals surface area contributed by atoms with Crippen LogP contribution in [0.5, 0.6) is 0 Å². The maximum Gasteiger partial charge on any atom is 0.187 e. The average Bonchev–Trinajstić information content (AvgIpc) is 1.49. The first-order valence-electron chi connectivity index (χ1n) is 4.29. The summed E-state index contributed by atoms with van der Waals surface area (Å²) >= 11 is 0. The van der Waals surface area contributed by atoms with E-state index in [2.05, 4.69) is 46.2 Å². The van der Waals surface area contributed by atoms with Crippen LogP contribution in [0.4, 0.5) is 0 Å². The van der Waals surface area contributed by atoms with E-state index >= 15 is 0 Å². The van der Waals surface area contributed by atoms with Crippen LogP contribution in [-0.4, -0.2) is 22.9 Å². The highest BCUT2D eigenvalue weighted by Crippen LogP contribution is 2.12. The van der Waals surface area contributed by atoms with Gasteiger partial charge in [-0.2, -0.15) is 0 Å². The van der Waals surface area contributed by atoms with Gasteiger partial charge in [-0.1, -0.05) is 0 Å². The minimum atomic E-state index is -1.49. The largest absolute Gasteiger partial charge is 0.394 e. The standard InChI is InChI=1S/C8H21O2Si2/c1-8(9-11(2,3)4)10-12(5,6)7/h8H,1H2,2-7H3. The topological polar surface area (TPSA) is 18.5 Å². The first-order valence-corrected chi connectivity index (χ1v) is 11.1. The number of rotatable bonds is 4. The molecule has 0 saturated heterocycles. The van der Waals surface area contributed by atoms with Crippen LogP contribution in [0, 0.1) is 6.92 Å². The van der Waals surface area contributed by atoms with Crippen LogP contribution >= 0.6 is 0 Å². The fourth-order valence-corrected chi connectivity index (χ4v) is 2.58. The van der Waals surface area contributed by atoms with Gasteiger partial charge in [0.25, 0.3) is 0 Å². The molecule has 0 spiro atoms. The zero-order valence-corrected chi connectivity index (χ0v) is 11.1. The summed E-state index contributed by atoms with van der Waals surface area (Å²) in [5.74, 6) is 0. The highest BCUT2D eigenvalue weighted by Gasteiger charge is 2.23. The molecule has 4 heteroatoms. The maximum absolute atomic E-state index is 5.65. The Balaban J connectivity index is 3.83. The molecule has 0 aliphatic rings. The summed E-state index contributed by atoms with van der Waals surface area (Å²) in [5.41, 5.74) is 0. The van der Waals surface area contributed by atoms with Gasteiger partial charge in [-0.25, -0.2) is 0 Å². The van der Waals surface area contributed by atoms with Crippen LogP contribution in [-0.2, 0) is 8.85 Å². The minimum absolute atomic E-state index is 0.275. The SMILES string of the molecule is [CH2]C(O[Si](C)(C)C)O[Si](C)(C)C. The van der Waals surface area contributed by atoms with Crippen LogP contribution in [0.3, 0.4) is 0 Å². The molecule has 0 aromatic carbocycles. The van der Waals surface area contributed by atoms with E-state index in [9.17, 15) is 0 Å². The van der Waals surface area contributed by atoms with Gasteiger partial charge >= 0.3 is 0 Å². The molecule has 0 aromatic rings. The van der Waals surface area contributed by atoms with Gasteiger partial charge in [0.2, 0.25) is 0 Å². The molecule has 2 nitrogen and oxygen atoms in total. The molecule has 0 aromatic heterocycles. The molecule has 0 atom stereocenters. The van der Waals surface area contributed by atoms with Crippen molar-refractivity contribution in [3.05, 3.63) is 6.92 Å². The highest BCUT2D eigenvalue weighted by atomic mass is 28.4. The molecule has 0 bridgehead atoms. The van der Waals surface area contributed by atoms with Gasteiger partial charge in [-0.3, -0.25) is 0 Å². The second-order valence-corrected chi connectivity index (χ2v) is 13.8. The van der Waals surface area contributed by atoms with Crippen molar-refractivity contribution in [3.8, 4) is 0 Å². The summed E-state index contributed by atoms with van der Waals surface area (Å²) in [6, 6.07) is 0. The summed E-state index contributed by atoms with van der Waals surface area (Å²) < 4.78 is 11.3. The van der Waals surface area contributed by atoms with Crippen LogP contribution < -0.4 is 0 Å². The predicted molar refractivity (Wildman–Crippen MR) is 58.0 cm³/mol. The van der Waals surface area contributed by atoms with E-state index in [-0.39, 0.29) is 6.29 Å². The highest BCUT2D eigenvalue weighted by molar-refractivity contribution is 6.70.